The van der Waals surface area contributed by atoms with Gasteiger partial charge in [-0.2, -0.15) is 0 Å². The van der Waals surface area contributed by atoms with Gasteiger partial charge in [0.15, 0.2) is 11.5 Å². The van der Waals surface area contributed by atoms with E-state index in [1.54, 1.807) is 39.0 Å². The maximum absolute atomic E-state index is 6.34. The number of methoxy groups -OCH3 is 2. The quantitative estimate of drug-likeness (QED) is 0.279. The fourth-order valence-corrected chi connectivity index (χ4v) is 4.08. The van der Waals surface area contributed by atoms with Crippen molar-refractivity contribution in [1.82, 2.24) is 19.9 Å². The summed E-state index contributed by atoms with van der Waals surface area (Å²) in [5.41, 5.74) is 15.7. The zero-order valence-corrected chi connectivity index (χ0v) is 21.3. The van der Waals surface area contributed by atoms with E-state index in [-0.39, 0.29) is 19.3 Å². The van der Waals surface area contributed by atoms with Gasteiger partial charge in [-0.05, 0) is 42.1 Å². The van der Waals surface area contributed by atoms with Crippen molar-refractivity contribution < 1.29 is 18.9 Å². The fraction of sp³-hybridized carbons (Fsp3) is 0.214. The minimum atomic E-state index is -0.360. The lowest BCUT2D eigenvalue weighted by atomic mass is 10.0. The fourth-order valence-electron chi connectivity index (χ4n) is 4.08. The largest absolute Gasteiger partial charge is 0.493 e. The first-order chi connectivity index (χ1) is 18.4. The maximum atomic E-state index is 6.34. The van der Waals surface area contributed by atoms with E-state index in [4.69, 9.17) is 30.4 Å². The second-order valence-electron chi connectivity index (χ2n) is 8.80. The van der Waals surface area contributed by atoms with E-state index in [0.29, 0.717) is 34.6 Å². The van der Waals surface area contributed by atoms with Crippen LogP contribution in [0.4, 0.5) is 5.82 Å². The summed E-state index contributed by atoms with van der Waals surface area (Å²) in [5.74, 6) is 2.64. The van der Waals surface area contributed by atoms with Crippen molar-refractivity contribution in [2.75, 3.05) is 33.2 Å². The Morgan fingerprint density at radius 1 is 0.842 bits per heavy atom. The van der Waals surface area contributed by atoms with E-state index in [0.717, 1.165) is 32.8 Å². The van der Waals surface area contributed by atoms with Crippen LogP contribution >= 0.6 is 0 Å². The number of nitrogen functional groups attached to an aromatic ring is 1. The number of ether oxygens (including phenoxy) is 4. The third kappa shape index (κ3) is 5.21. The molecule has 0 saturated heterocycles. The van der Waals surface area contributed by atoms with Gasteiger partial charge >= 0.3 is 0 Å². The van der Waals surface area contributed by atoms with E-state index >= 15 is 0 Å². The Balaban J connectivity index is 1.38. The van der Waals surface area contributed by atoms with Gasteiger partial charge in [-0.1, -0.05) is 0 Å². The van der Waals surface area contributed by atoms with Gasteiger partial charge < -0.3 is 30.4 Å². The second-order valence-corrected chi connectivity index (χ2v) is 8.80. The van der Waals surface area contributed by atoms with E-state index < -0.39 is 0 Å². The summed E-state index contributed by atoms with van der Waals surface area (Å²) < 4.78 is 22.5. The summed E-state index contributed by atoms with van der Waals surface area (Å²) >= 11 is 0. The lowest BCUT2D eigenvalue weighted by Crippen LogP contribution is -2.34. The summed E-state index contributed by atoms with van der Waals surface area (Å²) in [6.45, 7) is 2.48. The van der Waals surface area contributed by atoms with Gasteiger partial charge in [0.2, 0.25) is 5.88 Å². The molecule has 0 amide bonds. The van der Waals surface area contributed by atoms with Crippen LogP contribution in [0.5, 0.6) is 23.1 Å². The average molecular weight is 513 g/mol. The molecule has 10 nitrogen and oxygen atoms in total. The molecule has 0 aliphatic rings. The first-order valence-corrected chi connectivity index (χ1v) is 12.0. The highest BCUT2D eigenvalue weighted by molar-refractivity contribution is 6.10. The van der Waals surface area contributed by atoms with Gasteiger partial charge in [0.05, 0.1) is 37.7 Å². The van der Waals surface area contributed by atoms with Crippen molar-refractivity contribution in [3.8, 4) is 34.4 Å². The molecule has 1 aromatic carbocycles. The lowest BCUT2D eigenvalue weighted by Gasteiger charge is -2.15. The third-order valence-corrected chi connectivity index (χ3v) is 6.02. The standard InChI is InChI=1S/C28H28N6O4/c1-16-4-5-32-27(6-16)38-15-18(29)14-37-19-7-17(11-31-12-19)23-8-20-21-9-25(35-2)26(36-3)10-24(21)33-13-22(20)28(30)34-23/h4-13,18H,14-15,29H2,1-3H3,(H2,30,34)/t18-/m1/s1. The number of hydrogen-bond donors (Lipinski definition) is 2. The highest BCUT2D eigenvalue weighted by atomic mass is 16.5. The Morgan fingerprint density at radius 2 is 1.63 bits per heavy atom. The normalized spacial score (nSPS) is 11.9. The van der Waals surface area contributed by atoms with E-state index in [1.165, 1.54) is 0 Å². The van der Waals surface area contributed by atoms with Crippen molar-refractivity contribution in [3.63, 3.8) is 0 Å². The summed E-state index contributed by atoms with van der Waals surface area (Å²) in [6.07, 6.45) is 6.74. The number of nitrogens with zero attached hydrogens (tertiary/aromatic N) is 4. The molecule has 0 spiro atoms. The van der Waals surface area contributed by atoms with Gasteiger partial charge in [-0.25, -0.2) is 9.97 Å². The molecule has 0 saturated carbocycles. The summed E-state index contributed by atoms with van der Waals surface area (Å²) in [5, 5.41) is 2.49. The topological polar surface area (TPSA) is 141 Å². The minimum Gasteiger partial charge on any atom is -0.493 e. The second kappa shape index (κ2) is 10.7. The lowest BCUT2D eigenvalue weighted by molar-refractivity contribution is 0.215. The molecular weight excluding hydrogens is 484 g/mol. The molecule has 38 heavy (non-hydrogen) atoms. The van der Waals surface area contributed by atoms with Crippen LogP contribution < -0.4 is 30.4 Å². The van der Waals surface area contributed by atoms with Crippen molar-refractivity contribution in [1.29, 1.82) is 0 Å². The average Bonchev–Trinajstić information content (AvgIpc) is 2.94. The molecule has 4 N–H and O–H groups in total. The van der Waals surface area contributed by atoms with E-state index in [9.17, 15) is 0 Å². The molecule has 4 heterocycles. The molecule has 0 fully saturated rings. The Labute approximate surface area is 219 Å². The molecule has 0 aliphatic carbocycles. The summed E-state index contributed by atoms with van der Waals surface area (Å²) in [4.78, 5) is 17.6. The van der Waals surface area contributed by atoms with Crippen LogP contribution in [0.3, 0.4) is 0 Å². The van der Waals surface area contributed by atoms with Crippen LogP contribution in [0.1, 0.15) is 5.56 Å². The van der Waals surface area contributed by atoms with Crippen LogP contribution in [0.2, 0.25) is 0 Å². The first kappa shape index (κ1) is 25.0. The zero-order valence-electron chi connectivity index (χ0n) is 21.3. The Kier molecular flexibility index (Phi) is 7.05. The highest BCUT2D eigenvalue weighted by Gasteiger charge is 2.14. The summed E-state index contributed by atoms with van der Waals surface area (Å²) in [6, 6.07) is 10.9. The molecule has 0 unspecified atom stereocenters. The molecule has 194 valence electrons. The maximum Gasteiger partial charge on any atom is 0.213 e. The van der Waals surface area contributed by atoms with Crippen molar-refractivity contribution in [2.45, 2.75) is 13.0 Å². The zero-order chi connectivity index (χ0) is 26.6. The molecule has 4 aromatic heterocycles. The highest BCUT2D eigenvalue weighted by Crippen LogP contribution is 2.37. The number of nitrogens with two attached hydrogens (primary N) is 2. The van der Waals surface area contributed by atoms with Crippen molar-refractivity contribution >= 4 is 27.5 Å². The molecule has 5 rings (SSSR count). The number of fused-ring (bicyclic) bond motifs is 3. The van der Waals surface area contributed by atoms with Gasteiger partial charge in [0, 0.05) is 47.1 Å². The number of hydrogen-bond acceptors (Lipinski definition) is 10. The van der Waals surface area contributed by atoms with E-state index in [1.807, 2.05) is 43.3 Å². The number of anilines is 1. The Hall–Kier alpha value is -4.70. The number of rotatable bonds is 9. The van der Waals surface area contributed by atoms with Gasteiger partial charge in [-0.3, -0.25) is 9.97 Å². The predicted octanol–water partition coefficient (Wildman–Crippen LogP) is 3.93. The molecular formula is C28H28N6O4. The SMILES string of the molecule is COc1cc2ncc3c(N)nc(-c4cncc(OC[C@@H](N)COc5cc(C)ccn5)c4)cc3c2cc1OC. The Morgan fingerprint density at radius 3 is 2.42 bits per heavy atom. The minimum absolute atomic E-state index is 0.238. The van der Waals surface area contributed by atoms with Gasteiger partial charge in [-0.15, -0.1) is 0 Å². The van der Waals surface area contributed by atoms with Crippen LogP contribution in [-0.2, 0) is 0 Å². The molecule has 10 heteroatoms. The molecule has 1 atom stereocenters. The number of aromatic nitrogens is 4. The predicted molar refractivity (Wildman–Crippen MR) is 146 cm³/mol. The monoisotopic (exact) mass is 512 g/mol. The van der Waals surface area contributed by atoms with Crippen LogP contribution in [0.25, 0.3) is 32.9 Å². The van der Waals surface area contributed by atoms with Crippen LogP contribution in [-0.4, -0.2) is 53.4 Å². The smallest absolute Gasteiger partial charge is 0.213 e. The molecule has 0 radical (unpaired) electrons. The molecule has 5 aromatic rings. The van der Waals surface area contributed by atoms with Gasteiger partial charge in [0.1, 0.15) is 24.8 Å². The third-order valence-electron chi connectivity index (χ3n) is 6.02. The van der Waals surface area contributed by atoms with Crippen LogP contribution in [0.15, 0.2) is 61.2 Å². The van der Waals surface area contributed by atoms with Gasteiger partial charge in [0.25, 0.3) is 0 Å². The number of benzene rings is 1. The first-order valence-electron chi connectivity index (χ1n) is 12.0. The summed E-state index contributed by atoms with van der Waals surface area (Å²) in [7, 11) is 3.19. The van der Waals surface area contributed by atoms with E-state index in [2.05, 4.69) is 19.9 Å². The number of pyridine rings is 4. The van der Waals surface area contributed by atoms with Crippen LogP contribution in [0, 0.1) is 6.92 Å². The molecule has 0 bridgehead atoms. The Bertz CT molecular complexity index is 1610. The molecule has 0 aliphatic heterocycles. The van der Waals surface area contributed by atoms with Crippen molar-refractivity contribution in [3.05, 3.63) is 66.7 Å². The number of aryl methyl sites for hydroxylation is 1. The van der Waals surface area contributed by atoms with Crippen molar-refractivity contribution in [2.24, 2.45) is 5.73 Å².